The molecule has 2 rings (SSSR count). The van der Waals surface area contributed by atoms with Crippen molar-refractivity contribution in [3.05, 3.63) is 15.4 Å². The molecule has 1 aliphatic heterocycles. The molecule has 0 amide bonds. The number of aryl methyl sites for hydroxylation is 1. The first kappa shape index (κ1) is 15.0. The Kier molecular flexibility index (Phi) is 4.34. The van der Waals surface area contributed by atoms with Crippen molar-refractivity contribution in [1.82, 2.24) is 4.31 Å². The second kappa shape index (κ2) is 5.51. The molecule has 2 heterocycles. The number of rotatable bonds is 3. The fraction of sp³-hybridized carbons (Fsp3) is 0.545. The zero-order valence-electron chi connectivity index (χ0n) is 10.3. The number of carboxylic acids is 1. The number of sulfonamides is 1. The van der Waals surface area contributed by atoms with Gasteiger partial charge in [-0.1, -0.05) is 0 Å². The Hall–Kier alpha value is -0.440. The van der Waals surface area contributed by atoms with Crippen molar-refractivity contribution in [2.45, 2.75) is 36.4 Å². The van der Waals surface area contributed by atoms with Crippen molar-refractivity contribution in [2.75, 3.05) is 6.54 Å². The molecule has 1 saturated heterocycles. The largest absolute Gasteiger partial charge is 0.480 e. The van der Waals surface area contributed by atoms with E-state index in [2.05, 4.69) is 15.9 Å². The Balaban J connectivity index is 2.39. The van der Waals surface area contributed by atoms with Crippen molar-refractivity contribution in [3.63, 3.8) is 0 Å². The van der Waals surface area contributed by atoms with Gasteiger partial charge in [-0.2, -0.15) is 4.31 Å². The molecule has 0 saturated carbocycles. The zero-order chi connectivity index (χ0) is 14.2. The summed E-state index contributed by atoms with van der Waals surface area (Å²) in [5.74, 6) is -1.07. The van der Waals surface area contributed by atoms with E-state index >= 15 is 0 Å². The third kappa shape index (κ3) is 2.86. The molecule has 0 aliphatic carbocycles. The molecule has 1 aliphatic rings. The maximum absolute atomic E-state index is 12.5. The molecular formula is C11H14BrNO4S2. The van der Waals surface area contributed by atoms with Gasteiger partial charge in [-0.3, -0.25) is 4.79 Å². The van der Waals surface area contributed by atoms with Gasteiger partial charge in [0.25, 0.3) is 10.0 Å². The van der Waals surface area contributed by atoms with Crippen molar-refractivity contribution in [2.24, 2.45) is 0 Å². The van der Waals surface area contributed by atoms with Crippen LogP contribution in [0.4, 0.5) is 0 Å². The van der Waals surface area contributed by atoms with Crippen LogP contribution in [0.2, 0.25) is 0 Å². The van der Waals surface area contributed by atoms with E-state index < -0.39 is 22.0 Å². The summed E-state index contributed by atoms with van der Waals surface area (Å²) in [5.41, 5.74) is 0.840. The van der Waals surface area contributed by atoms with Crippen LogP contribution in [0.5, 0.6) is 0 Å². The lowest BCUT2D eigenvalue weighted by molar-refractivity contribution is -0.142. The van der Waals surface area contributed by atoms with Gasteiger partial charge in [0, 0.05) is 6.54 Å². The van der Waals surface area contributed by atoms with Gasteiger partial charge in [0.1, 0.15) is 10.3 Å². The Bertz CT molecular complexity index is 576. The highest BCUT2D eigenvalue weighted by molar-refractivity contribution is 9.11. The number of aliphatic carboxylic acids is 1. The van der Waals surface area contributed by atoms with E-state index in [9.17, 15) is 13.2 Å². The van der Waals surface area contributed by atoms with Gasteiger partial charge >= 0.3 is 5.97 Å². The average Bonchev–Trinajstić information content (AvgIpc) is 2.70. The summed E-state index contributed by atoms with van der Waals surface area (Å²) in [6.45, 7) is 2.08. The minimum absolute atomic E-state index is 0.199. The minimum Gasteiger partial charge on any atom is -0.480 e. The summed E-state index contributed by atoms with van der Waals surface area (Å²) in [5, 5.41) is 9.17. The molecule has 1 aromatic rings. The standard InChI is InChI=1S/C11H14BrNO4S2/c1-7-6-9(18-10(7)12)19(16,17)13-5-3-2-4-8(13)11(14)15/h6,8H,2-5H2,1H3,(H,14,15)/t8-/m1/s1. The Morgan fingerprint density at radius 3 is 2.74 bits per heavy atom. The molecule has 0 spiro atoms. The molecule has 0 unspecified atom stereocenters. The van der Waals surface area contributed by atoms with E-state index in [4.69, 9.17) is 5.11 Å². The first-order valence-electron chi connectivity index (χ1n) is 5.84. The predicted octanol–water partition coefficient (Wildman–Crippen LogP) is 2.45. The van der Waals surface area contributed by atoms with Gasteiger partial charge in [0.05, 0.1) is 3.79 Å². The number of thiophene rings is 1. The van der Waals surface area contributed by atoms with E-state index in [-0.39, 0.29) is 10.8 Å². The molecule has 8 heteroatoms. The van der Waals surface area contributed by atoms with Gasteiger partial charge in [0.15, 0.2) is 0 Å². The third-order valence-electron chi connectivity index (χ3n) is 3.14. The number of carboxylic acid groups (broad SMARTS) is 1. The van der Waals surface area contributed by atoms with Gasteiger partial charge in [-0.05, 0) is 53.7 Å². The molecule has 1 N–H and O–H groups in total. The molecular weight excluding hydrogens is 354 g/mol. The highest BCUT2D eigenvalue weighted by Crippen LogP contribution is 2.34. The summed E-state index contributed by atoms with van der Waals surface area (Å²) in [6, 6.07) is 0.636. The lowest BCUT2D eigenvalue weighted by Crippen LogP contribution is -2.47. The minimum atomic E-state index is -3.72. The third-order valence-corrected chi connectivity index (χ3v) is 7.63. The zero-order valence-corrected chi connectivity index (χ0v) is 13.5. The predicted molar refractivity (Wildman–Crippen MR) is 75.9 cm³/mol. The summed E-state index contributed by atoms with van der Waals surface area (Å²) >= 11 is 4.42. The second-order valence-electron chi connectivity index (χ2n) is 4.49. The molecule has 0 bridgehead atoms. The van der Waals surface area contributed by atoms with Crippen LogP contribution in [0.3, 0.4) is 0 Å². The van der Waals surface area contributed by atoms with E-state index in [1.807, 2.05) is 6.92 Å². The monoisotopic (exact) mass is 367 g/mol. The smallest absolute Gasteiger partial charge is 0.322 e. The van der Waals surface area contributed by atoms with Crippen molar-refractivity contribution < 1.29 is 18.3 Å². The van der Waals surface area contributed by atoms with E-state index in [1.54, 1.807) is 6.07 Å². The first-order valence-corrected chi connectivity index (χ1v) is 8.89. The summed E-state index contributed by atoms with van der Waals surface area (Å²) in [4.78, 5) is 11.2. The van der Waals surface area contributed by atoms with Gasteiger partial charge in [-0.25, -0.2) is 8.42 Å². The number of carbonyl (C=O) groups is 1. The SMILES string of the molecule is Cc1cc(S(=O)(=O)N2CCCC[C@@H]2C(=O)O)sc1Br. The van der Waals surface area contributed by atoms with Crippen LogP contribution < -0.4 is 0 Å². The molecule has 1 aromatic heterocycles. The fourth-order valence-corrected chi connectivity index (χ4v) is 6.12. The van der Waals surface area contributed by atoms with Crippen molar-refractivity contribution >= 4 is 43.3 Å². The molecule has 0 aromatic carbocycles. The maximum atomic E-state index is 12.5. The van der Waals surface area contributed by atoms with Crippen LogP contribution in [0.25, 0.3) is 0 Å². The number of piperidine rings is 1. The van der Waals surface area contributed by atoms with E-state index in [1.165, 1.54) is 0 Å². The van der Waals surface area contributed by atoms with Crippen LogP contribution in [0, 0.1) is 6.92 Å². The fourth-order valence-electron chi connectivity index (χ4n) is 2.11. The lowest BCUT2D eigenvalue weighted by Gasteiger charge is -2.31. The lowest BCUT2D eigenvalue weighted by atomic mass is 10.1. The topological polar surface area (TPSA) is 74.7 Å². The average molecular weight is 368 g/mol. The number of nitrogens with zero attached hydrogens (tertiary/aromatic N) is 1. The van der Waals surface area contributed by atoms with E-state index in [0.717, 1.165) is 31.4 Å². The molecule has 19 heavy (non-hydrogen) atoms. The first-order chi connectivity index (χ1) is 8.84. The van der Waals surface area contributed by atoms with Crippen LogP contribution in [0.15, 0.2) is 14.1 Å². The summed E-state index contributed by atoms with van der Waals surface area (Å²) in [7, 11) is -3.72. The van der Waals surface area contributed by atoms with Crippen molar-refractivity contribution in [3.8, 4) is 0 Å². The second-order valence-corrected chi connectivity index (χ2v) is 8.98. The quantitative estimate of drug-likeness (QED) is 0.889. The molecule has 5 nitrogen and oxygen atoms in total. The summed E-state index contributed by atoms with van der Waals surface area (Å²) in [6.07, 6.45) is 1.82. The van der Waals surface area contributed by atoms with Crippen LogP contribution >= 0.6 is 27.3 Å². The Morgan fingerprint density at radius 1 is 1.53 bits per heavy atom. The summed E-state index contributed by atoms with van der Waals surface area (Å²) < 4.78 is 27.1. The van der Waals surface area contributed by atoms with Gasteiger partial charge in [0.2, 0.25) is 0 Å². The Labute approximate surface area is 124 Å². The number of halogens is 1. The molecule has 1 atom stereocenters. The highest BCUT2D eigenvalue weighted by atomic mass is 79.9. The van der Waals surface area contributed by atoms with Crippen LogP contribution in [-0.4, -0.2) is 36.4 Å². The number of hydrogen-bond donors (Lipinski definition) is 1. The van der Waals surface area contributed by atoms with Gasteiger partial charge in [-0.15, -0.1) is 11.3 Å². The number of hydrogen-bond acceptors (Lipinski definition) is 4. The molecule has 106 valence electrons. The Morgan fingerprint density at radius 2 is 2.21 bits per heavy atom. The van der Waals surface area contributed by atoms with E-state index in [0.29, 0.717) is 12.8 Å². The highest BCUT2D eigenvalue weighted by Gasteiger charge is 2.38. The van der Waals surface area contributed by atoms with Gasteiger partial charge < -0.3 is 5.11 Å². The van der Waals surface area contributed by atoms with Crippen molar-refractivity contribution in [1.29, 1.82) is 0 Å². The maximum Gasteiger partial charge on any atom is 0.322 e. The van der Waals surface area contributed by atoms with Crippen LogP contribution in [-0.2, 0) is 14.8 Å². The molecule has 0 radical (unpaired) electrons. The molecule has 1 fully saturated rings. The normalized spacial score (nSPS) is 21.5. The van der Waals surface area contributed by atoms with Crippen LogP contribution in [0.1, 0.15) is 24.8 Å².